The van der Waals surface area contributed by atoms with Crippen LogP contribution in [0.15, 0.2) is 48.5 Å². The molecule has 0 aliphatic carbocycles. The van der Waals surface area contributed by atoms with Crippen molar-refractivity contribution in [1.29, 1.82) is 0 Å². The molecule has 2 aromatic rings. The Morgan fingerprint density at radius 3 is 2.28 bits per heavy atom. The minimum absolute atomic E-state index is 0.0624. The van der Waals surface area contributed by atoms with Gasteiger partial charge in [0.05, 0.1) is 16.1 Å². The Balaban J connectivity index is 1.62. The van der Waals surface area contributed by atoms with Crippen LogP contribution in [0, 0.1) is 10.1 Å². The van der Waals surface area contributed by atoms with E-state index in [1.165, 1.54) is 24.3 Å². The lowest BCUT2D eigenvalue weighted by Gasteiger charge is -2.13. The Kier molecular flexibility index (Phi) is 4.25. The minimum Gasteiger partial charge on any atom is -0.326 e. The average molecular weight is 339 g/mol. The molecule has 25 heavy (non-hydrogen) atoms. The number of nitrogens with one attached hydrogen (secondary N) is 1. The molecule has 0 saturated heterocycles. The van der Waals surface area contributed by atoms with Crippen LogP contribution < -0.4 is 5.32 Å². The fourth-order valence-corrected chi connectivity index (χ4v) is 2.58. The molecule has 1 aliphatic heterocycles. The first-order valence-electron chi connectivity index (χ1n) is 7.47. The second-order valence-electron chi connectivity index (χ2n) is 5.41. The molecule has 0 unspecified atom stereocenters. The van der Waals surface area contributed by atoms with E-state index in [-0.39, 0.29) is 24.3 Å². The third kappa shape index (κ3) is 3.23. The van der Waals surface area contributed by atoms with Crippen LogP contribution in [-0.2, 0) is 4.79 Å². The molecule has 2 aromatic carbocycles. The van der Waals surface area contributed by atoms with Crippen molar-refractivity contribution in [2.45, 2.75) is 6.42 Å². The molecule has 0 atom stereocenters. The van der Waals surface area contributed by atoms with Crippen molar-refractivity contribution in [2.75, 3.05) is 11.9 Å². The van der Waals surface area contributed by atoms with Gasteiger partial charge in [-0.3, -0.25) is 29.4 Å². The molecule has 126 valence electrons. The van der Waals surface area contributed by atoms with Gasteiger partial charge < -0.3 is 5.32 Å². The van der Waals surface area contributed by atoms with E-state index >= 15 is 0 Å². The lowest BCUT2D eigenvalue weighted by atomic mass is 10.1. The summed E-state index contributed by atoms with van der Waals surface area (Å²) in [4.78, 5) is 47.6. The summed E-state index contributed by atoms with van der Waals surface area (Å²) in [7, 11) is 0. The molecule has 8 heteroatoms. The summed E-state index contributed by atoms with van der Waals surface area (Å²) < 4.78 is 0. The standard InChI is InChI=1S/C17H13N3O5/c21-15(18-11-4-3-5-12(10-11)20(24)25)8-9-19-16(22)13-6-1-2-7-14(13)17(19)23/h1-7,10H,8-9H2,(H,18,21). The monoisotopic (exact) mass is 339 g/mol. The Morgan fingerprint density at radius 2 is 1.68 bits per heavy atom. The summed E-state index contributed by atoms with van der Waals surface area (Å²) in [5.74, 6) is -1.30. The molecular weight excluding hydrogens is 326 g/mol. The number of hydrogen-bond acceptors (Lipinski definition) is 5. The predicted molar refractivity (Wildman–Crippen MR) is 88.2 cm³/mol. The average Bonchev–Trinajstić information content (AvgIpc) is 2.85. The number of nitrogens with zero attached hydrogens (tertiary/aromatic N) is 2. The first-order chi connectivity index (χ1) is 12.0. The van der Waals surface area contributed by atoms with Crippen molar-refractivity contribution in [3.05, 3.63) is 69.8 Å². The Bertz CT molecular complexity index is 858. The lowest BCUT2D eigenvalue weighted by Crippen LogP contribution is -2.32. The van der Waals surface area contributed by atoms with Crippen LogP contribution >= 0.6 is 0 Å². The zero-order valence-electron chi connectivity index (χ0n) is 13.0. The van der Waals surface area contributed by atoms with Crippen LogP contribution in [0.1, 0.15) is 27.1 Å². The van der Waals surface area contributed by atoms with Crippen molar-refractivity contribution in [3.8, 4) is 0 Å². The number of rotatable bonds is 5. The summed E-state index contributed by atoms with van der Waals surface area (Å²) in [6.07, 6.45) is -0.103. The Morgan fingerprint density at radius 1 is 1.04 bits per heavy atom. The van der Waals surface area contributed by atoms with Crippen molar-refractivity contribution >= 4 is 29.1 Å². The second-order valence-corrected chi connectivity index (χ2v) is 5.41. The number of anilines is 1. The molecule has 1 N–H and O–H groups in total. The van der Waals surface area contributed by atoms with E-state index in [0.29, 0.717) is 11.1 Å². The number of nitro groups is 1. The van der Waals surface area contributed by atoms with Crippen molar-refractivity contribution in [1.82, 2.24) is 4.90 Å². The Hall–Kier alpha value is -3.55. The maximum absolute atomic E-state index is 12.2. The maximum Gasteiger partial charge on any atom is 0.271 e. The van der Waals surface area contributed by atoms with Crippen LogP contribution in [0.4, 0.5) is 11.4 Å². The number of amides is 3. The fraction of sp³-hybridized carbons (Fsp3) is 0.118. The molecule has 1 aliphatic rings. The summed E-state index contributed by atoms with van der Waals surface area (Å²) >= 11 is 0. The van der Waals surface area contributed by atoms with Gasteiger partial charge in [-0.15, -0.1) is 0 Å². The number of imide groups is 1. The van der Waals surface area contributed by atoms with Crippen LogP contribution in [0.5, 0.6) is 0 Å². The normalized spacial score (nSPS) is 12.9. The van der Waals surface area contributed by atoms with Gasteiger partial charge in [0.25, 0.3) is 17.5 Å². The summed E-state index contributed by atoms with van der Waals surface area (Å²) in [6, 6.07) is 12.0. The number of non-ortho nitro benzene ring substituents is 1. The highest BCUT2D eigenvalue weighted by molar-refractivity contribution is 6.21. The van der Waals surface area contributed by atoms with Gasteiger partial charge in [0.1, 0.15) is 0 Å². The van der Waals surface area contributed by atoms with Gasteiger partial charge in [-0.1, -0.05) is 18.2 Å². The minimum atomic E-state index is -0.561. The molecule has 0 spiro atoms. The third-order valence-corrected chi connectivity index (χ3v) is 3.78. The largest absolute Gasteiger partial charge is 0.326 e. The highest BCUT2D eigenvalue weighted by Gasteiger charge is 2.34. The molecule has 0 fully saturated rings. The first-order valence-corrected chi connectivity index (χ1v) is 7.47. The number of hydrogen-bond donors (Lipinski definition) is 1. The van der Waals surface area contributed by atoms with E-state index in [0.717, 1.165) is 4.90 Å². The molecule has 1 heterocycles. The van der Waals surface area contributed by atoms with Gasteiger partial charge in [0.15, 0.2) is 0 Å². The van der Waals surface area contributed by atoms with Gasteiger partial charge in [0, 0.05) is 30.8 Å². The summed E-state index contributed by atoms with van der Waals surface area (Å²) in [5, 5.41) is 13.2. The maximum atomic E-state index is 12.2. The van der Waals surface area contributed by atoms with E-state index in [1.54, 1.807) is 24.3 Å². The smallest absolute Gasteiger partial charge is 0.271 e. The fourth-order valence-electron chi connectivity index (χ4n) is 2.58. The zero-order valence-corrected chi connectivity index (χ0v) is 13.0. The van der Waals surface area contributed by atoms with E-state index in [1.807, 2.05) is 0 Å². The molecule has 8 nitrogen and oxygen atoms in total. The third-order valence-electron chi connectivity index (χ3n) is 3.78. The van der Waals surface area contributed by atoms with E-state index in [2.05, 4.69) is 5.32 Å². The van der Waals surface area contributed by atoms with Gasteiger partial charge in [-0.25, -0.2) is 0 Å². The van der Waals surface area contributed by atoms with Crippen LogP contribution in [0.25, 0.3) is 0 Å². The molecule has 3 rings (SSSR count). The van der Waals surface area contributed by atoms with E-state index in [4.69, 9.17) is 0 Å². The van der Waals surface area contributed by atoms with Crippen molar-refractivity contribution < 1.29 is 19.3 Å². The highest BCUT2D eigenvalue weighted by atomic mass is 16.6. The number of fused-ring (bicyclic) bond motifs is 1. The first kappa shape index (κ1) is 16.3. The van der Waals surface area contributed by atoms with Gasteiger partial charge in [-0.05, 0) is 18.2 Å². The molecule has 0 bridgehead atoms. The zero-order chi connectivity index (χ0) is 18.0. The van der Waals surface area contributed by atoms with Gasteiger partial charge in [0.2, 0.25) is 5.91 Å². The highest BCUT2D eigenvalue weighted by Crippen LogP contribution is 2.22. The predicted octanol–water partition coefficient (Wildman–Crippen LogP) is 2.22. The lowest BCUT2D eigenvalue weighted by molar-refractivity contribution is -0.384. The van der Waals surface area contributed by atoms with Crippen LogP contribution in [0.3, 0.4) is 0 Å². The van der Waals surface area contributed by atoms with Crippen molar-refractivity contribution in [3.63, 3.8) is 0 Å². The van der Waals surface area contributed by atoms with Crippen LogP contribution in [0.2, 0.25) is 0 Å². The van der Waals surface area contributed by atoms with E-state index in [9.17, 15) is 24.5 Å². The molecule has 3 amide bonds. The molecule has 0 saturated carbocycles. The number of carbonyl (C=O) groups is 3. The van der Waals surface area contributed by atoms with E-state index < -0.39 is 22.6 Å². The quantitative estimate of drug-likeness (QED) is 0.510. The Labute approximate surface area is 142 Å². The van der Waals surface area contributed by atoms with Gasteiger partial charge >= 0.3 is 0 Å². The van der Waals surface area contributed by atoms with Gasteiger partial charge in [-0.2, -0.15) is 0 Å². The molecule has 0 radical (unpaired) electrons. The van der Waals surface area contributed by atoms with Crippen LogP contribution in [-0.4, -0.2) is 34.1 Å². The second kappa shape index (κ2) is 6.52. The summed E-state index contributed by atoms with van der Waals surface area (Å²) in [6.45, 7) is -0.0624. The number of nitro benzene ring substituents is 1. The van der Waals surface area contributed by atoms with Crippen molar-refractivity contribution in [2.24, 2.45) is 0 Å². The number of carbonyl (C=O) groups excluding carboxylic acids is 3. The summed E-state index contributed by atoms with van der Waals surface area (Å²) in [5.41, 5.74) is 0.790. The SMILES string of the molecule is O=C(CCN1C(=O)c2ccccc2C1=O)Nc1cccc([N+](=O)[O-])c1. The number of benzene rings is 2. The molecule has 0 aromatic heterocycles. The molecular formula is C17H13N3O5. The topological polar surface area (TPSA) is 110 Å².